The van der Waals surface area contributed by atoms with Gasteiger partial charge in [0, 0.05) is 23.1 Å². The summed E-state index contributed by atoms with van der Waals surface area (Å²) in [6.07, 6.45) is 0.979. The van der Waals surface area contributed by atoms with Crippen LogP contribution in [0.3, 0.4) is 0 Å². The van der Waals surface area contributed by atoms with Crippen molar-refractivity contribution in [2.45, 2.75) is 25.6 Å². The molecular weight excluding hydrogens is 314 g/mol. The van der Waals surface area contributed by atoms with Gasteiger partial charge >= 0.3 is 0 Å². The number of alkyl halides is 1. The molecule has 2 unspecified atom stereocenters. The minimum absolute atomic E-state index is 0.0650. The summed E-state index contributed by atoms with van der Waals surface area (Å²) >= 11 is 9.67. The molecule has 1 amide bonds. The fourth-order valence-electron chi connectivity index (χ4n) is 2.20. The molecule has 98 valence electrons. The average Bonchev–Trinajstić information content (AvgIpc) is 2.35. The first-order chi connectivity index (χ1) is 8.49. The van der Waals surface area contributed by atoms with Gasteiger partial charge in [0.15, 0.2) is 0 Å². The summed E-state index contributed by atoms with van der Waals surface area (Å²) in [7, 11) is 0. The van der Waals surface area contributed by atoms with E-state index >= 15 is 0 Å². The first-order valence-corrected chi connectivity index (χ1v) is 7.41. The molecule has 2 rings (SSSR count). The maximum atomic E-state index is 12.5. The van der Waals surface area contributed by atoms with Gasteiger partial charge in [0.25, 0.3) is 5.91 Å². The second kappa shape index (κ2) is 5.62. The first kappa shape index (κ1) is 13.9. The van der Waals surface area contributed by atoms with Gasteiger partial charge in [-0.1, -0.05) is 28.9 Å². The van der Waals surface area contributed by atoms with Gasteiger partial charge in [-0.15, -0.1) is 11.6 Å². The topological polar surface area (TPSA) is 20.3 Å². The predicted octanol–water partition coefficient (Wildman–Crippen LogP) is 3.85. The summed E-state index contributed by atoms with van der Waals surface area (Å²) in [5, 5.41) is 0.0650. The van der Waals surface area contributed by atoms with Gasteiger partial charge in [0.05, 0.1) is 5.38 Å². The summed E-state index contributed by atoms with van der Waals surface area (Å²) in [4.78, 5) is 14.3. The Morgan fingerprint density at radius 2 is 2.22 bits per heavy atom. The van der Waals surface area contributed by atoms with Gasteiger partial charge in [0.1, 0.15) is 0 Å². The van der Waals surface area contributed by atoms with Gasteiger partial charge in [-0.05, 0) is 37.0 Å². The van der Waals surface area contributed by atoms with E-state index < -0.39 is 0 Å². The van der Waals surface area contributed by atoms with E-state index in [1.165, 1.54) is 0 Å². The summed E-state index contributed by atoms with van der Waals surface area (Å²) < 4.78 is 0.934. The molecular formula is C14H17BrClNO. The highest BCUT2D eigenvalue weighted by Crippen LogP contribution is 2.24. The summed E-state index contributed by atoms with van der Waals surface area (Å²) in [5.74, 6) is 0.575. The normalized spacial score (nSPS) is 24.1. The van der Waals surface area contributed by atoms with E-state index in [9.17, 15) is 4.79 Å². The molecule has 0 N–H and O–H groups in total. The number of hydrogen-bond acceptors (Lipinski definition) is 1. The Morgan fingerprint density at radius 1 is 1.50 bits per heavy atom. The predicted molar refractivity (Wildman–Crippen MR) is 78.2 cm³/mol. The number of nitrogens with zero attached hydrogens (tertiary/aromatic N) is 1. The molecule has 2 nitrogen and oxygen atoms in total. The molecule has 1 aliphatic heterocycles. The van der Waals surface area contributed by atoms with E-state index in [1.807, 2.05) is 30.0 Å². The quantitative estimate of drug-likeness (QED) is 0.716. The number of benzene rings is 1. The molecule has 1 fully saturated rings. The van der Waals surface area contributed by atoms with Crippen LogP contribution in [0.4, 0.5) is 0 Å². The maximum Gasteiger partial charge on any atom is 0.254 e. The van der Waals surface area contributed by atoms with E-state index in [2.05, 4.69) is 22.9 Å². The third-order valence-electron chi connectivity index (χ3n) is 3.58. The van der Waals surface area contributed by atoms with E-state index in [0.29, 0.717) is 12.5 Å². The van der Waals surface area contributed by atoms with Crippen molar-refractivity contribution in [2.75, 3.05) is 13.1 Å². The lowest BCUT2D eigenvalue weighted by atomic mass is 9.97. The molecule has 0 bridgehead atoms. The molecule has 0 aromatic heterocycles. The van der Waals surface area contributed by atoms with Crippen LogP contribution in [0.2, 0.25) is 0 Å². The maximum absolute atomic E-state index is 12.5. The SMILES string of the molecule is Cc1ccc(Br)cc1C(=O)N1CCC(C)C(Cl)C1. The lowest BCUT2D eigenvalue weighted by Crippen LogP contribution is -2.44. The summed E-state index contributed by atoms with van der Waals surface area (Å²) in [6, 6.07) is 5.80. The molecule has 18 heavy (non-hydrogen) atoms. The molecule has 1 saturated heterocycles. The zero-order chi connectivity index (χ0) is 13.3. The molecule has 0 saturated carbocycles. The minimum Gasteiger partial charge on any atom is -0.337 e. The highest BCUT2D eigenvalue weighted by Gasteiger charge is 2.28. The van der Waals surface area contributed by atoms with Crippen LogP contribution in [-0.4, -0.2) is 29.3 Å². The Labute approximate surface area is 121 Å². The number of rotatable bonds is 1. The molecule has 0 spiro atoms. The van der Waals surface area contributed by atoms with Crippen molar-refractivity contribution in [1.82, 2.24) is 4.90 Å². The van der Waals surface area contributed by atoms with E-state index in [4.69, 9.17) is 11.6 Å². The Bertz CT molecular complexity index is 463. The van der Waals surface area contributed by atoms with Crippen LogP contribution >= 0.6 is 27.5 Å². The number of amides is 1. The van der Waals surface area contributed by atoms with E-state index in [-0.39, 0.29) is 11.3 Å². The molecule has 0 aliphatic carbocycles. The smallest absolute Gasteiger partial charge is 0.254 e. The first-order valence-electron chi connectivity index (χ1n) is 6.18. The highest BCUT2D eigenvalue weighted by atomic mass is 79.9. The van der Waals surface area contributed by atoms with Crippen molar-refractivity contribution in [2.24, 2.45) is 5.92 Å². The summed E-state index contributed by atoms with van der Waals surface area (Å²) in [6.45, 7) is 5.55. The monoisotopic (exact) mass is 329 g/mol. The molecule has 1 aromatic rings. The molecule has 2 atom stereocenters. The summed E-state index contributed by atoms with van der Waals surface area (Å²) in [5.41, 5.74) is 1.77. The zero-order valence-corrected chi connectivity index (χ0v) is 13.0. The minimum atomic E-state index is 0.0650. The number of aryl methyl sites for hydroxylation is 1. The Hall–Kier alpha value is -0.540. The highest BCUT2D eigenvalue weighted by molar-refractivity contribution is 9.10. The van der Waals surface area contributed by atoms with Gasteiger partial charge < -0.3 is 4.90 Å². The van der Waals surface area contributed by atoms with Crippen LogP contribution in [0.1, 0.15) is 29.3 Å². The van der Waals surface area contributed by atoms with Gasteiger partial charge in [0.2, 0.25) is 0 Å². The van der Waals surface area contributed by atoms with Gasteiger partial charge in [-0.3, -0.25) is 4.79 Å². The second-order valence-electron chi connectivity index (χ2n) is 4.99. The van der Waals surface area contributed by atoms with Gasteiger partial charge in [-0.25, -0.2) is 0 Å². The lowest BCUT2D eigenvalue weighted by molar-refractivity contribution is 0.0700. The van der Waals surface area contributed by atoms with E-state index in [0.717, 1.165) is 28.6 Å². The fourth-order valence-corrected chi connectivity index (χ4v) is 2.86. The van der Waals surface area contributed by atoms with Crippen LogP contribution < -0.4 is 0 Å². The third-order valence-corrected chi connectivity index (χ3v) is 4.65. The number of hydrogen-bond donors (Lipinski definition) is 0. The molecule has 1 aliphatic rings. The van der Waals surface area contributed by atoms with Crippen molar-refractivity contribution < 1.29 is 4.79 Å². The Morgan fingerprint density at radius 3 is 2.89 bits per heavy atom. The number of carbonyl (C=O) groups is 1. The Balaban J connectivity index is 2.19. The number of likely N-dealkylation sites (tertiary alicyclic amines) is 1. The van der Waals surface area contributed by atoms with Crippen molar-refractivity contribution in [3.05, 3.63) is 33.8 Å². The van der Waals surface area contributed by atoms with Crippen molar-refractivity contribution in [3.63, 3.8) is 0 Å². The molecule has 0 radical (unpaired) electrons. The zero-order valence-electron chi connectivity index (χ0n) is 10.6. The van der Waals surface area contributed by atoms with Crippen LogP contribution in [0.5, 0.6) is 0 Å². The number of carbonyl (C=O) groups excluding carboxylic acids is 1. The largest absolute Gasteiger partial charge is 0.337 e. The van der Waals surface area contributed by atoms with Crippen molar-refractivity contribution >= 4 is 33.4 Å². The van der Waals surface area contributed by atoms with Gasteiger partial charge in [-0.2, -0.15) is 0 Å². The second-order valence-corrected chi connectivity index (χ2v) is 6.47. The van der Waals surface area contributed by atoms with Crippen molar-refractivity contribution in [1.29, 1.82) is 0 Å². The molecule has 4 heteroatoms. The third kappa shape index (κ3) is 2.89. The number of halogens is 2. The number of piperidine rings is 1. The molecule has 1 aromatic carbocycles. The van der Waals surface area contributed by atoms with Crippen molar-refractivity contribution in [3.8, 4) is 0 Å². The molecule has 1 heterocycles. The van der Waals surface area contributed by atoms with Crippen LogP contribution in [0.15, 0.2) is 22.7 Å². The lowest BCUT2D eigenvalue weighted by Gasteiger charge is -2.34. The average molecular weight is 331 g/mol. The van der Waals surface area contributed by atoms with Crippen LogP contribution in [-0.2, 0) is 0 Å². The Kier molecular flexibility index (Phi) is 4.33. The standard InChI is InChI=1S/C14H17BrClNO/c1-9-3-4-11(15)7-12(9)14(18)17-6-5-10(2)13(16)8-17/h3-4,7,10,13H,5-6,8H2,1-2H3. The van der Waals surface area contributed by atoms with Crippen LogP contribution in [0.25, 0.3) is 0 Å². The fraction of sp³-hybridized carbons (Fsp3) is 0.500. The van der Waals surface area contributed by atoms with E-state index in [1.54, 1.807) is 0 Å². The van der Waals surface area contributed by atoms with Crippen LogP contribution in [0, 0.1) is 12.8 Å².